The summed E-state index contributed by atoms with van der Waals surface area (Å²) < 4.78 is 5.53. The highest BCUT2D eigenvalue weighted by Gasteiger charge is 2.36. The molecule has 1 heterocycles. The average Bonchev–Trinajstić information content (AvgIpc) is 3.23. The predicted octanol–water partition coefficient (Wildman–Crippen LogP) is 3.64. The fourth-order valence-electron chi connectivity index (χ4n) is 3.92. The number of ether oxygens (including phenoxy) is 1. The maximum absolute atomic E-state index is 12.4. The summed E-state index contributed by atoms with van der Waals surface area (Å²) in [7, 11) is 0. The molecule has 1 fully saturated rings. The lowest BCUT2D eigenvalue weighted by molar-refractivity contribution is -0.141. The summed E-state index contributed by atoms with van der Waals surface area (Å²) in [6, 6.07) is 15.5. The third-order valence-electron chi connectivity index (χ3n) is 5.11. The van der Waals surface area contributed by atoms with Gasteiger partial charge in [0.2, 0.25) is 0 Å². The van der Waals surface area contributed by atoms with E-state index in [0.717, 1.165) is 11.1 Å². The van der Waals surface area contributed by atoms with Crippen molar-refractivity contribution in [3.8, 4) is 11.1 Å². The lowest BCUT2D eigenvalue weighted by atomic mass is 9.98. The highest BCUT2D eigenvalue weighted by Crippen LogP contribution is 2.44. The van der Waals surface area contributed by atoms with Crippen molar-refractivity contribution in [3.05, 3.63) is 59.7 Å². The number of benzene rings is 2. The maximum Gasteiger partial charge on any atom is 0.410 e. The third-order valence-corrected chi connectivity index (χ3v) is 5.11. The molecule has 2 aromatic rings. The fourth-order valence-corrected chi connectivity index (χ4v) is 3.92. The Labute approximate surface area is 150 Å². The van der Waals surface area contributed by atoms with Gasteiger partial charge in [-0.1, -0.05) is 48.5 Å². The van der Waals surface area contributed by atoms with Gasteiger partial charge in [0.1, 0.15) is 12.6 Å². The molecule has 1 N–H and O–H groups in total. The first-order chi connectivity index (χ1) is 12.2. The van der Waals surface area contributed by atoms with E-state index in [2.05, 4.69) is 24.3 Å². The normalized spacial score (nSPS) is 18.0. The van der Waals surface area contributed by atoms with E-state index in [0.29, 0.717) is 19.4 Å². The van der Waals surface area contributed by atoms with Crippen LogP contribution < -0.4 is 0 Å². The van der Waals surface area contributed by atoms with Gasteiger partial charge in [0.05, 0.1) is 0 Å². The van der Waals surface area contributed by atoms with Crippen LogP contribution in [0.1, 0.15) is 29.9 Å². The number of carbonyl (C=O) groups excluding carboxylic acids is 1. The highest BCUT2D eigenvalue weighted by molar-refractivity contribution is 5.81. The Kier molecular flexibility index (Phi) is 4.93. The van der Waals surface area contributed by atoms with Gasteiger partial charge in [0.25, 0.3) is 0 Å². The van der Waals surface area contributed by atoms with E-state index >= 15 is 0 Å². The molecule has 6 heteroatoms. The van der Waals surface area contributed by atoms with Crippen LogP contribution in [0.15, 0.2) is 48.5 Å². The number of likely N-dealkylation sites (tertiary alicyclic amines) is 1. The van der Waals surface area contributed by atoms with Gasteiger partial charge >= 0.3 is 12.1 Å². The second-order valence-corrected chi connectivity index (χ2v) is 6.49. The Morgan fingerprint density at radius 2 is 1.62 bits per heavy atom. The smallest absolute Gasteiger partial charge is 0.410 e. The van der Waals surface area contributed by atoms with Crippen molar-refractivity contribution in [2.75, 3.05) is 13.2 Å². The van der Waals surface area contributed by atoms with Gasteiger partial charge in [0, 0.05) is 12.5 Å². The minimum absolute atomic E-state index is 0. The highest BCUT2D eigenvalue weighted by atomic mass is 19.0. The number of hydrogen-bond acceptors (Lipinski definition) is 3. The van der Waals surface area contributed by atoms with Crippen LogP contribution in [0.3, 0.4) is 0 Å². The van der Waals surface area contributed by atoms with Crippen LogP contribution in [0.5, 0.6) is 0 Å². The van der Waals surface area contributed by atoms with E-state index in [1.165, 1.54) is 16.0 Å². The molecular weight excluding hydrogens is 337 g/mol. The number of aliphatic carboxylic acids is 1. The van der Waals surface area contributed by atoms with Crippen LogP contribution in [0.25, 0.3) is 11.1 Å². The lowest BCUT2D eigenvalue weighted by Crippen LogP contribution is -2.41. The SMILES string of the molecule is F.O=C(O)[C@@H]1CCCN1C(=O)OCC1c2ccccc2-c2ccccc21. The Morgan fingerprint density at radius 3 is 2.19 bits per heavy atom. The molecule has 0 unspecified atom stereocenters. The Morgan fingerprint density at radius 1 is 1.04 bits per heavy atom. The number of carbonyl (C=O) groups is 2. The van der Waals surface area contributed by atoms with Gasteiger partial charge in [-0.3, -0.25) is 9.60 Å². The zero-order chi connectivity index (χ0) is 17.4. The van der Waals surface area contributed by atoms with E-state index in [-0.39, 0.29) is 17.2 Å². The summed E-state index contributed by atoms with van der Waals surface area (Å²) >= 11 is 0. The van der Waals surface area contributed by atoms with Crippen LogP contribution >= 0.6 is 0 Å². The molecule has 1 atom stereocenters. The van der Waals surface area contributed by atoms with Gasteiger partial charge in [0.15, 0.2) is 0 Å². The largest absolute Gasteiger partial charge is 0.480 e. The minimum atomic E-state index is -0.967. The lowest BCUT2D eigenvalue weighted by Gasteiger charge is -2.22. The van der Waals surface area contributed by atoms with Crippen molar-refractivity contribution in [1.29, 1.82) is 0 Å². The van der Waals surface area contributed by atoms with Crippen molar-refractivity contribution in [3.63, 3.8) is 0 Å². The molecule has 1 amide bonds. The average molecular weight is 357 g/mol. The number of carboxylic acid groups (broad SMARTS) is 1. The third kappa shape index (κ3) is 2.92. The van der Waals surface area contributed by atoms with Crippen molar-refractivity contribution in [1.82, 2.24) is 4.90 Å². The molecule has 1 aliphatic heterocycles. The van der Waals surface area contributed by atoms with Gasteiger partial charge in [-0.2, -0.15) is 0 Å². The minimum Gasteiger partial charge on any atom is -0.480 e. The van der Waals surface area contributed by atoms with E-state index < -0.39 is 18.1 Å². The maximum atomic E-state index is 12.4. The molecule has 0 saturated carbocycles. The quantitative estimate of drug-likeness (QED) is 0.911. The van der Waals surface area contributed by atoms with Crippen molar-refractivity contribution in [2.24, 2.45) is 0 Å². The predicted molar refractivity (Wildman–Crippen MR) is 94.9 cm³/mol. The van der Waals surface area contributed by atoms with Gasteiger partial charge < -0.3 is 9.84 Å². The number of rotatable bonds is 3. The van der Waals surface area contributed by atoms with Crippen LogP contribution in [0.4, 0.5) is 9.50 Å². The molecule has 4 rings (SSSR count). The molecule has 0 aromatic heterocycles. The molecule has 5 nitrogen and oxygen atoms in total. The van der Waals surface area contributed by atoms with Gasteiger partial charge in [-0.25, -0.2) is 9.59 Å². The van der Waals surface area contributed by atoms with E-state index in [9.17, 15) is 14.7 Å². The number of carboxylic acids is 1. The molecule has 0 bridgehead atoms. The Balaban J connectivity index is 0.00000196. The molecule has 1 aliphatic carbocycles. The van der Waals surface area contributed by atoms with Crippen molar-refractivity contribution < 1.29 is 24.1 Å². The second kappa shape index (κ2) is 7.15. The Bertz CT molecular complexity index is 793. The summed E-state index contributed by atoms with van der Waals surface area (Å²) in [5.41, 5.74) is 4.63. The monoisotopic (exact) mass is 357 g/mol. The van der Waals surface area contributed by atoms with Crippen LogP contribution in [-0.2, 0) is 9.53 Å². The van der Waals surface area contributed by atoms with Crippen LogP contribution in [-0.4, -0.2) is 41.3 Å². The standard InChI is InChI=1S/C20H19NO4.FH/c22-19(23)18-10-5-11-21(18)20(24)25-12-17-15-8-3-1-6-13(15)14-7-2-4-9-16(14)17;/h1-4,6-9,17-18H,5,10-12H2,(H,22,23);1H/t18-;/m0./s1. The first kappa shape index (κ1) is 17.9. The number of hydrogen-bond donors (Lipinski definition) is 1. The number of amides is 1. The van der Waals surface area contributed by atoms with E-state index in [1.54, 1.807) is 0 Å². The molecule has 0 spiro atoms. The first-order valence-corrected chi connectivity index (χ1v) is 8.51. The number of nitrogens with zero attached hydrogens (tertiary/aromatic N) is 1. The summed E-state index contributed by atoms with van der Waals surface area (Å²) in [5.74, 6) is -0.978. The molecule has 2 aromatic carbocycles. The topological polar surface area (TPSA) is 66.8 Å². The van der Waals surface area contributed by atoms with Crippen LogP contribution in [0, 0.1) is 0 Å². The Hall–Kier alpha value is -2.89. The van der Waals surface area contributed by atoms with Gasteiger partial charge in [-0.15, -0.1) is 0 Å². The molecular formula is C20H20FNO4. The van der Waals surface area contributed by atoms with Crippen LogP contribution in [0.2, 0.25) is 0 Å². The molecule has 136 valence electrons. The van der Waals surface area contributed by atoms with E-state index in [4.69, 9.17) is 4.74 Å². The number of fused-ring (bicyclic) bond motifs is 3. The number of halogens is 1. The van der Waals surface area contributed by atoms with Gasteiger partial charge in [-0.05, 0) is 35.1 Å². The first-order valence-electron chi connectivity index (χ1n) is 8.51. The zero-order valence-electron chi connectivity index (χ0n) is 14.1. The summed E-state index contributed by atoms with van der Waals surface area (Å²) in [4.78, 5) is 25.0. The van der Waals surface area contributed by atoms with E-state index in [1.807, 2.05) is 24.3 Å². The summed E-state index contributed by atoms with van der Waals surface area (Å²) in [5, 5.41) is 9.22. The fraction of sp³-hybridized carbons (Fsp3) is 0.300. The zero-order valence-corrected chi connectivity index (χ0v) is 14.1. The molecule has 0 radical (unpaired) electrons. The summed E-state index contributed by atoms with van der Waals surface area (Å²) in [6.45, 7) is 0.656. The van der Waals surface area contributed by atoms with Crippen molar-refractivity contribution in [2.45, 2.75) is 24.8 Å². The second-order valence-electron chi connectivity index (χ2n) is 6.49. The molecule has 26 heavy (non-hydrogen) atoms. The molecule has 1 saturated heterocycles. The van der Waals surface area contributed by atoms with Crippen molar-refractivity contribution >= 4 is 12.1 Å². The molecule has 2 aliphatic rings. The summed E-state index contributed by atoms with van der Waals surface area (Å²) in [6.07, 6.45) is 0.646.